The molecular formula is C21H21Cl2N3O2S. The SMILES string of the molecule is COC(=O)c1ccc(Cl)c(CN2CCCN(c3nc4ccc(Cl)cc4s3)CC2)c1. The Balaban J connectivity index is 1.45. The van der Waals surface area contributed by atoms with E-state index < -0.39 is 0 Å². The summed E-state index contributed by atoms with van der Waals surface area (Å²) in [4.78, 5) is 21.3. The Hall–Kier alpha value is -1.86. The van der Waals surface area contributed by atoms with E-state index in [0.29, 0.717) is 17.1 Å². The van der Waals surface area contributed by atoms with E-state index in [-0.39, 0.29) is 5.97 Å². The number of nitrogens with zero attached hydrogens (tertiary/aromatic N) is 3. The highest BCUT2D eigenvalue weighted by atomic mass is 35.5. The summed E-state index contributed by atoms with van der Waals surface area (Å²) in [5.41, 5.74) is 2.45. The fourth-order valence-electron chi connectivity index (χ4n) is 3.52. The van der Waals surface area contributed by atoms with Gasteiger partial charge in [0, 0.05) is 42.8 Å². The van der Waals surface area contributed by atoms with Gasteiger partial charge in [0.1, 0.15) is 0 Å². The van der Waals surface area contributed by atoms with Crippen LogP contribution in [0.3, 0.4) is 0 Å². The largest absolute Gasteiger partial charge is 0.465 e. The monoisotopic (exact) mass is 449 g/mol. The second-order valence-electron chi connectivity index (χ2n) is 7.02. The van der Waals surface area contributed by atoms with Gasteiger partial charge < -0.3 is 9.64 Å². The first-order valence-electron chi connectivity index (χ1n) is 9.43. The van der Waals surface area contributed by atoms with Crippen LogP contribution in [-0.4, -0.2) is 49.1 Å². The number of benzene rings is 2. The fraction of sp³-hybridized carbons (Fsp3) is 0.333. The zero-order valence-electron chi connectivity index (χ0n) is 16.0. The Bertz CT molecular complexity index is 1040. The highest BCUT2D eigenvalue weighted by molar-refractivity contribution is 7.22. The van der Waals surface area contributed by atoms with Crippen LogP contribution < -0.4 is 4.90 Å². The lowest BCUT2D eigenvalue weighted by molar-refractivity contribution is 0.0600. The summed E-state index contributed by atoms with van der Waals surface area (Å²) in [6, 6.07) is 11.1. The second kappa shape index (κ2) is 8.88. The minimum atomic E-state index is -0.346. The molecular weight excluding hydrogens is 429 g/mol. The molecule has 1 aliphatic rings. The predicted molar refractivity (Wildman–Crippen MR) is 120 cm³/mol. The molecule has 1 aromatic heterocycles. The third kappa shape index (κ3) is 4.67. The molecule has 152 valence electrons. The van der Waals surface area contributed by atoms with E-state index in [1.165, 1.54) is 7.11 Å². The summed E-state index contributed by atoms with van der Waals surface area (Å²) in [5, 5.41) is 2.44. The van der Waals surface area contributed by atoms with Crippen LogP contribution >= 0.6 is 34.5 Å². The maximum atomic E-state index is 11.8. The Kier molecular flexibility index (Phi) is 6.25. The first-order chi connectivity index (χ1) is 14.0. The van der Waals surface area contributed by atoms with Gasteiger partial charge in [0.25, 0.3) is 0 Å². The Labute approximate surface area is 183 Å². The number of esters is 1. The lowest BCUT2D eigenvalue weighted by atomic mass is 10.1. The quantitative estimate of drug-likeness (QED) is 0.518. The van der Waals surface area contributed by atoms with Crippen molar-refractivity contribution >= 4 is 55.9 Å². The van der Waals surface area contributed by atoms with Crippen molar-refractivity contribution in [2.45, 2.75) is 13.0 Å². The zero-order chi connectivity index (χ0) is 20.4. The number of carbonyl (C=O) groups is 1. The molecule has 0 unspecified atom stereocenters. The van der Waals surface area contributed by atoms with Crippen molar-refractivity contribution in [1.29, 1.82) is 0 Å². The number of anilines is 1. The molecule has 8 heteroatoms. The first-order valence-corrected chi connectivity index (χ1v) is 11.0. The van der Waals surface area contributed by atoms with E-state index in [2.05, 4.69) is 9.80 Å². The standard InChI is InChI=1S/C21H21Cl2N3O2S/c1-28-20(27)14-3-5-17(23)15(11-14)13-25-7-2-8-26(10-9-25)21-24-18-6-4-16(22)12-19(18)29-21/h3-6,11-12H,2,7-10,13H2,1H3. The molecule has 5 nitrogen and oxygen atoms in total. The van der Waals surface area contributed by atoms with Gasteiger partial charge in [-0.1, -0.05) is 34.5 Å². The van der Waals surface area contributed by atoms with E-state index in [1.54, 1.807) is 23.5 Å². The van der Waals surface area contributed by atoms with Crippen LogP contribution in [0.2, 0.25) is 10.0 Å². The summed E-state index contributed by atoms with van der Waals surface area (Å²) >= 11 is 14.2. The third-order valence-corrected chi connectivity index (χ3v) is 6.74. The number of hydrogen-bond donors (Lipinski definition) is 0. The fourth-order valence-corrected chi connectivity index (χ4v) is 4.99. The van der Waals surface area contributed by atoms with Crippen molar-refractivity contribution < 1.29 is 9.53 Å². The van der Waals surface area contributed by atoms with E-state index in [1.807, 2.05) is 24.3 Å². The molecule has 29 heavy (non-hydrogen) atoms. The molecule has 0 bridgehead atoms. The van der Waals surface area contributed by atoms with Crippen molar-refractivity contribution in [2.75, 3.05) is 38.2 Å². The van der Waals surface area contributed by atoms with Crippen LogP contribution in [-0.2, 0) is 11.3 Å². The highest BCUT2D eigenvalue weighted by Crippen LogP contribution is 2.31. The van der Waals surface area contributed by atoms with Crippen LogP contribution in [0.5, 0.6) is 0 Å². The molecule has 2 aromatic carbocycles. The van der Waals surface area contributed by atoms with Gasteiger partial charge in [0.15, 0.2) is 5.13 Å². The van der Waals surface area contributed by atoms with Gasteiger partial charge in [-0.25, -0.2) is 9.78 Å². The number of carbonyl (C=O) groups excluding carboxylic acids is 1. The number of halogens is 2. The number of aromatic nitrogens is 1. The zero-order valence-corrected chi connectivity index (χ0v) is 18.4. The topological polar surface area (TPSA) is 45.7 Å². The van der Waals surface area contributed by atoms with Crippen LogP contribution in [0, 0.1) is 0 Å². The molecule has 1 aliphatic heterocycles. The van der Waals surface area contributed by atoms with Crippen LogP contribution in [0.1, 0.15) is 22.3 Å². The lowest BCUT2D eigenvalue weighted by Gasteiger charge is -2.22. The number of hydrogen-bond acceptors (Lipinski definition) is 6. The van der Waals surface area contributed by atoms with Gasteiger partial charge in [-0.3, -0.25) is 4.90 Å². The van der Waals surface area contributed by atoms with E-state index in [9.17, 15) is 4.79 Å². The molecule has 0 aliphatic carbocycles. The maximum Gasteiger partial charge on any atom is 0.337 e. The molecule has 0 N–H and O–H groups in total. The lowest BCUT2D eigenvalue weighted by Crippen LogP contribution is -2.30. The number of rotatable bonds is 4. The highest BCUT2D eigenvalue weighted by Gasteiger charge is 2.19. The molecule has 0 atom stereocenters. The summed E-state index contributed by atoms with van der Waals surface area (Å²) in [6.07, 6.45) is 1.03. The molecule has 1 saturated heterocycles. The second-order valence-corrected chi connectivity index (χ2v) is 8.88. The predicted octanol–water partition coefficient (Wildman–Crippen LogP) is 5.10. The van der Waals surface area contributed by atoms with E-state index in [0.717, 1.165) is 58.5 Å². The normalized spacial score (nSPS) is 15.5. The maximum absolute atomic E-state index is 11.8. The van der Waals surface area contributed by atoms with Crippen molar-refractivity contribution in [3.8, 4) is 0 Å². The summed E-state index contributed by atoms with van der Waals surface area (Å²) in [6.45, 7) is 4.41. The van der Waals surface area contributed by atoms with Gasteiger partial charge in [-0.2, -0.15) is 0 Å². The summed E-state index contributed by atoms with van der Waals surface area (Å²) in [7, 11) is 1.38. The smallest absolute Gasteiger partial charge is 0.337 e. The van der Waals surface area contributed by atoms with Gasteiger partial charge in [0.05, 0.1) is 22.9 Å². The molecule has 2 heterocycles. The molecule has 1 fully saturated rings. The molecule has 3 aromatic rings. The van der Waals surface area contributed by atoms with Gasteiger partial charge >= 0.3 is 5.97 Å². The van der Waals surface area contributed by atoms with Gasteiger partial charge in [-0.05, 0) is 48.4 Å². The average molecular weight is 450 g/mol. The Morgan fingerprint density at radius 2 is 2.00 bits per heavy atom. The molecule has 0 radical (unpaired) electrons. The van der Waals surface area contributed by atoms with Crippen LogP contribution in [0.4, 0.5) is 5.13 Å². The first kappa shape index (κ1) is 20.4. The van der Waals surface area contributed by atoms with Crippen molar-refractivity contribution in [3.05, 3.63) is 57.6 Å². The number of methoxy groups -OCH3 is 1. The number of thiazole rings is 1. The third-order valence-electron chi connectivity index (χ3n) is 5.06. The molecule has 0 saturated carbocycles. The van der Waals surface area contributed by atoms with Gasteiger partial charge in [0.2, 0.25) is 0 Å². The van der Waals surface area contributed by atoms with Crippen molar-refractivity contribution in [2.24, 2.45) is 0 Å². The molecule has 4 rings (SSSR count). The molecule has 0 spiro atoms. The van der Waals surface area contributed by atoms with Gasteiger partial charge in [-0.15, -0.1) is 0 Å². The van der Waals surface area contributed by atoms with Crippen LogP contribution in [0.15, 0.2) is 36.4 Å². The van der Waals surface area contributed by atoms with Crippen molar-refractivity contribution in [3.63, 3.8) is 0 Å². The number of ether oxygens (including phenoxy) is 1. The minimum absolute atomic E-state index is 0.346. The minimum Gasteiger partial charge on any atom is -0.465 e. The Morgan fingerprint density at radius 1 is 1.14 bits per heavy atom. The van der Waals surface area contributed by atoms with E-state index >= 15 is 0 Å². The number of fused-ring (bicyclic) bond motifs is 1. The molecule has 0 amide bonds. The van der Waals surface area contributed by atoms with Crippen molar-refractivity contribution in [1.82, 2.24) is 9.88 Å². The Morgan fingerprint density at radius 3 is 2.83 bits per heavy atom. The average Bonchev–Trinajstić information content (AvgIpc) is 2.99. The summed E-state index contributed by atoms with van der Waals surface area (Å²) < 4.78 is 5.93. The summed E-state index contributed by atoms with van der Waals surface area (Å²) in [5.74, 6) is -0.346. The van der Waals surface area contributed by atoms with E-state index in [4.69, 9.17) is 32.9 Å². The van der Waals surface area contributed by atoms with Crippen LogP contribution in [0.25, 0.3) is 10.2 Å².